The Labute approximate surface area is 358 Å². The molecule has 0 spiro atoms. The molecule has 0 bridgehead atoms. The molecule has 0 fully saturated rings. The summed E-state index contributed by atoms with van der Waals surface area (Å²) in [5, 5.41) is 0. The van der Waals surface area contributed by atoms with Gasteiger partial charge in [0, 0.05) is 12.8 Å². The van der Waals surface area contributed by atoms with Crippen LogP contribution in [0, 0.1) is 0 Å². The number of ether oxygens (including phenoxy) is 2. The van der Waals surface area contributed by atoms with Crippen molar-refractivity contribution in [3.05, 3.63) is 24.3 Å². The second-order valence-electron chi connectivity index (χ2n) is 17.5. The van der Waals surface area contributed by atoms with Crippen LogP contribution in [0.4, 0.5) is 0 Å². The molecule has 0 radical (unpaired) electrons. The second-order valence-corrected chi connectivity index (χ2v) is 19.0. The smallest absolute Gasteiger partial charge is 0.462 e. The first-order chi connectivity index (χ1) is 28.0. The molecule has 0 rings (SSSR count). The molecular formula is C48H93NO8P+. The van der Waals surface area contributed by atoms with Gasteiger partial charge in [-0.15, -0.1) is 0 Å². The molecule has 9 nitrogen and oxygen atoms in total. The number of rotatable bonds is 44. The monoisotopic (exact) mass is 843 g/mol. The fraction of sp³-hybridized carbons (Fsp3) is 0.875. The zero-order valence-electron chi connectivity index (χ0n) is 38.5. The van der Waals surface area contributed by atoms with Gasteiger partial charge < -0.3 is 18.9 Å². The molecule has 0 aromatic carbocycles. The number of phosphoric ester groups is 1. The van der Waals surface area contributed by atoms with Crippen molar-refractivity contribution in [2.75, 3.05) is 47.5 Å². The van der Waals surface area contributed by atoms with Crippen LogP contribution < -0.4 is 0 Å². The Hall–Kier alpha value is -1.51. The molecule has 1 unspecified atom stereocenters. The Morgan fingerprint density at radius 2 is 0.914 bits per heavy atom. The highest BCUT2D eigenvalue weighted by Crippen LogP contribution is 2.43. The lowest BCUT2D eigenvalue weighted by Crippen LogP contribution is -2.37. The molecule has 0 aliphatic heterocycles. The van der Waals surface area contributed by atoms with Crippen molar-refractivity contribution in [3.63, 3.8) is 0 Å². The van der Waals surface area contributed by atoms with Gasteiger partial charge >= 0.3 is 19.8 Å². The van der Waals surface area contributed by atoms with Crippen molar-refractivity contribution < 1.29 is 42.1 Å². The SMILES string of the molecule is CCCCCC/C=C/C=C/CCCCCCCC(=O)O[C@H](COC(=O)CCCCCCCCCCCCCCCCCCCCC)COP(=O)(O)OCC[N+](C)(C)C. The molecule has 10 heteroatoms. The van der Waals surface area contributed by atoms with Crippen LogP contribution in [0.3, 0.4) is 0 Å². The molecule has 2 atom stereocenters. The number of nitrogens with zero attached hydrogens (tertiary/aromatic N) is 1. The maximum Gasteiger partial charge on any atom is 0.472 e. The van der Waals surface area contributed by atoms with E-state index in [1.165, 1.54) is 128 Å². The normalized spacial score (nSPS) is 13.7. The molecule has 0 aromatic rings. The highest BCUT2D eigenvalue weighted by molar-refractivity contribution is 7.47. The number of carbonyl (C=O) groups excluding carboxylic acids is 2. The van der Waals surface area contributed by atoms with Crippen LogP contribution in [0.25, 0.3) is 0 Å². The van der Waals surface area contributed by atoms with Gasteiger partial charge in [0.15, 0.2) is 6.10 Å². The van der Waals surface area contributed by atoms with E-state index < -0.39 is 26.5 Å². The summed E-state index contributed by atoms with van der Waals surface area (Å²) in [4.78, 5) is 35.4. The zero-order chi connectivity index (χ0) is 42.8. The van der Waals surface area contributed by atoms with Gasteiger partial charge in [-0.2, -0.15) is 0 Å². The van der Waals surface area contributed by atoms with E-state index in [1.54, 1.807) is 0 Å². The third-order valence-electron chi connectivity index (χ3n) is 10.5. The molecule has 0 heterocycles. The Kier molecular flexibility index (Phi) is 39.8. The van der Waals surface area contributed by atoms with E-state index in [4.69, 9.17) is 18.5 Å². The molecule has 0 aliphatic rings. The van der Waals surface area contributed by atoms with Crippen LogP contribution in [0.15, 0.2) is 24.3 Å². The average molecular weight is 843 g/mol. The maximum atomic E-state index is 12.7. The largest absolute Gasteiger partial charge is 0.472 e. The quantitative estimate of drug-likeness (QED) is 0.0212. The number of hydrogen-bond acceptors (Lipinski definition) is 7. The third kappa shape index (κ3) is 44.1. The number of phosphoric acid groups is 1. The lowest BCUT2D eigenvalue weighted by molar-refractivity contribution is -0.870. The Bertz CT molecular complexity index is 1040. The molecule has 1 N–H and O–H groups in total. The highest BCUT2D eigenvalue weighted by atomic mass is 31.2. The summed E-state index contributed by atoms with van der Waals surface area (Å²) in [7, 11) is 1.47. The summed E-state index contributed by atoms with van der Waals surface area (Å²) >= 11 is 0. The maximum absolute atomic E-state index is 12.7. The van der Waals surface area contributed by atoms with Crippen LogP contribution in [-0.2, 0) is 32.7 Å². The number of carbonyl (C=O) groups is 2. The van der Waals surface area contributed by atoms with Gasteiger partial charge in [0.25, 0.3) is 0 Å². The first-order valence-corrected chi connectivity index (χ1v) is 25.6. The Morgan fingerprint density at radius 1 is 0.534 bits per heavy atom. The molecular weight excluding hydrogens is 750 g/mol. The van der Waals surface area contributed by atoms with Gasteiger partial charge in [0.2, 0.25) is 0 Å². The predicted molar refractivity (Wildman–Crippen MR) is 243 cm³/mol. The lowest BCUT2D eigenvalue weighted by atomic mass is 10.0. The lowest BCUT2D eigenvalue weighted by Gasteiger charge is -2.24. The number of quaternary nitrogens is 1. The fourth-order valence-corrected chi connectivity index (χ4v) is 7.45. The van der Waals surface area contributed by atoms with Crippen molar-refractivity contribution in [1.29, 1.82) is 0 Å². The molecule has 0 amide bonds. The van der Waals surface area contributed by atoms with E-state index in [9.17, 15) is 19.0 Å². The van der Waals surface area contributed by atoms with E-state index in [0.717, 1.165) is 57.8 Å². The Balaban J connectivity index is 4.28. The van der Waals surface area contributed by atoms with Crippen LogP contribution in [0.2, 0.25) is 0 Å². The summed E-state index contributed by atoms with van der Waals surface area (Å²) in [5.41, 5.74) is 0. The van der Waals surface area contributed by atoms with Gasteiger partial charge in [-0.1, -0.05) is 192 Å². The van der Waals surface area contributed by atoms with E-state index in [0.29, 0.717) is 23.9 Å². The van der Waals surface area contributed by atoms with Gasteiger partial charge in [0.05, 0.1) is 27.7 Å². The number of likely N-dealkylation sites (N-methyl/N-ethyl adjacent to an activating group) is 1. The van der Waals surface area contributed by atoms with E-state index >= 15 is 0 Å². The first-order valence-electron chi connectivity index (χ1n) is 24.1. The molecule has 0 saturated carbocycles. The molecule has 58 heavy (non-hydrogen) atoms. The molecule has 0 aliphatic carbocycles. The Morgan fingerprint density at radius 3 is 1.34 bits per heavy atom. The van der Waals surface area contributed by atoms with Crippen molar-refractivity contribution in [2.24, 2.45) is 0 Å². The molecule has 0 aromatic heterocycles. The number of unbranched alkanes of at least 4 members (excludes halogenated alkanes) is 27. The summed E-state index contributed by atoms with van der Waals surface area (Å²) in [6.07, 6.45) is 45.1. The van der Waals surface area contributed by atoms with E-state index in [-0.39, 0.29) is 25.6 Å². The fourth-order valence-electron chi connectivity index (χ4n) is 6.71. The van der Waals surface area contributed by atoms with E-state index in [1.807, 2.05) is 21.1 Å². The highest BCUT2D eigenvalue weighted by Gasteiger charge is 2.27. The van der Waals surface area contributed by atoms with Crippen molar-refractivity contribution in [2.45, 2.75) is 225 Å². The minimum absolute atomic E-state index is 0.0304. The van der Waals surface area contributed by atoms with Crippen LogP contribution >= 0.6 is 7.82 Å². The van der Waals surface area contributed by atoms with Crippen LogP contribution in [0.1, 0.15) is 219 Å². The van der Waals surface area contributed by atoms with Gasteiger partial charge in [0.1, 0.15) is 19.8 Å². The van der Waals surface area contributed by atoms with E-state index in [2.05, 4.69) is 38.2 Å². The van der Waals surface area contributed by atoms with Gasteiger partial charge in [-0.3, -0.25) is 18.6 Å². The summed E-state index contributed by atoms with van der Waals surface area (Å²) in [6, 6.07) is 0. The topological polar surface area (TPSA) is 108 Å². The van der Waals surface area contributed by atoms with Crippen LogP contribution in [0.5, 0.6) is 0 Å². The number of hydrogen-bond donors (Lipinski definition) is 1. The molecule has 0 saturated heterocycles. The standard InChI is InChI=1S/C48H92NO8P/c1-6-8-10-12-14-16-18-20-22-23-24-25-27-28-30-32-34-36-38-40-47(50)54-44-46(45-56-58(52,53)55-43-42-49(3,4)5)57-48(51)41-39-37-35-33-31-29-26-21-19-17-15-13-11-9-7-2/h17,19,21,26,46H,6-16,18,20,22-25,27-45H2,1-5H3/p+1/b19-17+,26-21+/t46-/m1/s1. The van der Waals surface area contributed by atoms with Gasteiger partial charge in [-0.25, -0.2) is 4.57 Å². The van der Waals surface area contributed by atoms with Gasteiger partial charge in [-0.05, 0) is 38.5 Å². The van der Waals surface area contributed by atoms with Crippen molar-refractivity contribution >= 4 is 19.8 Å². The first kappa shape index (κ1) is 56.5. The average Bonchev–Trinajstić information content (AvgIpc) is 3.17. The number of esters is 2. The minimum Gasteiger partial charge on any atom is -0.462 e. The predicted octanol–water partition coefficient (Wildman–Crippen LogP) is 13.9. The minimum atomic E-state index is -4.38. The summed E-state index contributed by atoms with van der Waals surface area (Å²) in [6.45, 7) is 4.41. The molecule has 342 valence electrons. The summed E-state index contributed by atoms with van der Waals surface area (Å²) in [5.74, 6) is -0.806. The second kappa shape index (κ2) is 40.9. The number of allylic oxidation sites excluding steroid dienone is 4. The summed E-state index contributed by atoms with van der Waals surface area (Å²) < 4.78 is 34.4. The third-order valence-corrected chi connectivity index (χ3v) is 11.5. The van der Waals surface area contributed by atoms with Crippen molar-refractivity contribution in [3.8, 4) is 0 Å². The van der Waals surface area contributed by atoms with Crippen LogP contribution in [-0.4, -0.2) is 74.9 Å². The zero-order valence-corrected chi connectivity index (χ0v) is 39.4. The van der Waals surface area contributed by atoms with Crippen molar-refractivity contribution in [1.82, 2.24) is 0 Å².